The van der Waals surface area contributed by atoms with Crippen LogP contribution >= 0.6 is 0 Å². The summed E-state index contributed by atoms with van der Waals surface area (Å²) in [6.07, 6.45) is 1.06. The minimum Gasteiger partial charge on any atom is -0.385 e. The molecular formula is C16H25N3O. The van der Waals surface area contributed by atoms with Crippen molar-refractivity contribution in [2.75, 3.05) is 39.0 Å². The average Bonchev–Trinajstić information content (AvgIpc) is 2.90. The van der Waals surface area contributed by atoms with E-state index in [9.17, 15) is 4.79 Å². The molecule has 0 aromatic heterocycles. The number of benzene rings is 1. The normalized spacial score (nSPS) is 18.6. The minimum atomic E-state index is 0.147. The molecule has 1 aromatic carbocycles. The van der Waals surface area contributed by atoms with Crippen LogP contribution in [0.3, 0.4) is 0 Å². The van der Waals surface area contributed by atoms with Gasteiger partial charge in [0.2, 0.25) is 0 Å². The number of likely N-dealkylation sites (N-methyl/N-ethyl adjacent to an activating group) is 1. The third-order valence-corrected chi connectivity index (χ3v) is 3.95. The highest BCUT2D eigenvalue weighted by Crippen LogP contribution is 2.22. The number of hydrogen-bond acceptors (Lipinski definition) is 3. The van der Waals surface area contributed by atoms with E-state index in [1.54, 1.807) is 0 Å². The Bertz CT molecular complexity index is 485. The van der Waals surface area contributed by atoms with Gasteiger partial charge in [0.05, 0.1) is 5.56 Å². The highest BCUT2D eigenvalue weighted by molar-refractivity contribution is 6.00. The fourth-order valence-electron chi connectivity index (χ4n) is 2.70. The summed E-state index contributed by atoms with van der Waals surface area (Å²) in [7, 11) is 4.16. The Hall–Kier alpha value is -1.55. The molecule has 0 bridgehead atoms. The number of rotatable bonds is 4. The number of amides is 1. The van der Waals surface area contributed by atoms with Gasteiger partial charge in [-0.25, -0.2) is 0 Å². The molecule has 0 saturated carbocycles. The Morgan fingerprint density at radius 2 is 2.20 bits per heavy atom. The zero-order valence-corrected chi connectivity index (χ0v) is 12.9. The maximum Gasteiger partial charge on any atom is 0.256 e. The first-order chi connectivity index (χ1) is 9.52. The second-order valence-electron chi connectivity index (χ2n) is 5.74. The van der Waals surface area contributed by atoms with Gasteiger partial charge in [-0.3, -0.25) is 4.79 Å². The van der Waals surface area contributed by atoms with E-state index in [4.69, 9.17) is 0 Å². The van der Waals surface area contributed by atoms with Crippen LogP contribution in [-0.4, -0.2) is 55.5 Å². The first-order valence-electron chi connectivity index (χ1n) is 7.33. The molecule has 2 rings (SSSR count). The highest BCUT2D eigenvalue weighted by atomic mass is 16.2. The van der Waals surface area contributed by atoms with Crippen LogP contribution in [0.5, 0.6) is 0 Å². The molecule has 1 unspecified atom stereocenters. The fraction of sp³-hybridized carbons (Fsp3) is 0.562. The van der Waals surface area contributed by atoms with Gasteiger partial charge in [0.15, 0.2) is 0 Å². The third-order valence-electron chi connectivity index (χ3n) is 3.95. The molecule has 1 fully saturated rings. The van der Waals surface area contributed by atoms with Gasteiger partial charge in [-0.05, 0) is 46.5 Å². The molecule has 20 heavy (non-hydrogen) atoms. The number of anilines is 1. The number of aryl methyl sites for hydroxylation is 1. The van der Waals surface area contributed by atoms with Crippen LogP contribution in [0.4, 0.5) is 5.69 Å². The van der Waals surface area contributed by atoms with Crippen LogP contribution < -0.4 is 5.32 Å². The lowest BCUT2D eigenvalue weighted by molar-refractivity contribution is 0.0784. The van der Waals surface area contributed by atoms with E-state index in [2.05, 4.69) is 24.3 Å². The molecule has 0 aliphatic carbocycles. The van der Waals surface area contributed by atoms with Crippen LogP contribution in [-0.2, 0) is 0 Å². The maximum absolute atomic E-state index is 12.7. The summed E-state index contributed by atoms with van der Waals surface area (Å²) in [6.45, 7) is 6.57. The second-order valence-corrected chi connectivity index (χ2v) is 5.74. The molecule has 1 saturated heterocycles. The number of carbonyl (C=O) groups excluding carboxylic acids is 1. The van der Waals surface area contributed by atoms with Gasteiger partial charge in [-0.15, -0.1) is 0 Å². The Morgan fingerprint density at radius 3 is 2.80 bits per heavy atom. The Morgan fingerprint density at radius 1 is 1.45 bits per heavy atom. The molecule has 110 valence electrons. The summed E-state index contributed by atoms with van der Waals surface area (Å²) < 4.78 is 0. The van der Waals surface area contributed by atoms with E-state index in [-0.39, 0.29) is 5.91 Å². The molecule has 1 heterocycles. The number of carbonyl (C=O) groups is 1. The fourth-order valence-corrected chi connectivity index (χ4v) is 2.70. The van der Waals surface area contributed by atoms with Crippen LogP contribution in [0, 0.1) is 6.92 Å². The molecule has 1 N–H and O–H groups in total. The van der Waals surface area contributed by atoms with Crippen molar-refractivity contribution in [3.05, 3.63) is 29.3 Å². The van der Waals surface area contributed by atoms with Crippen LogP contribution in [0.15, 0.2) is 18.2 Å². The van der Waals surface area contributed by atoms with E-state index in [1.165, 1.54) is 0 Å². The summed E-state index contributed by atoms with van der Waals surface area (Å²) in [4.78, 5) is 16.9. The second kappa shape index (κ2) is 6.27. The molecule has 0 spiro atoms. The molecule has 1 amide bonds. The van der Waals surface area contributed by atoms with Gasteiger partial charge in [0.1, 0.15) is 0 Å². The average molecular weight is 275 g/mol. The number of nitrogens with zero attached hydrogens (tertiary/aromatic N) is 2. The Kier molecular flexibility index (Phi) is 4.65. The van der Waals surface area contributed by atoms with Crippen molar-refractivity contribution >= 4 is 11.6 Å². The molecule has 1 atom stereocenters. The number of hydrogen-bond donors (Lipinski definition) is 1. The first kappa shape index (κ1) is 14.9. The summed E-state index contributed by atoms with van der Waals surface area (Å²) in [5.41, 5.74) is 2.86. The zero-order valence-electron chi connectivity index (χ0n) is 12.9. The van der Waals surface area contributed by atoms with Crippen molar-refractivity contribution in [2.45, 2.75) is 26.3 Å². The quantitative estimate of drug-likeness (QED) is 0.915. The molecule has 0 radical (unpaired) electrons. The Balaban J connectivity index is 2.19. The van der Waals surface area contributed by atoms with E-state index in [0.717, 1.165) is 42.9 Å². The standard InChI is InChI=1S/C16H25N3O/c1-5-17-15-7-6-12(2)10-14(15)16(20)19-9-8-13(11-19)18(3)4/h6-7,10,13,17H,5,8-9,11H2,1-4H3. The van der Waals surface area contributed by atoms with Crippen molar-refractivity contribution in [3.8, 4) is 0 Å². The third kappa shape index (κ3) is 3.12. The first-order valence-corrected chi connectivity index (χ1v) is 7.33. The molecule has 1 aliphatic rings. The van der Waals surface area contributed by atoms with Crippen molar-refractivity contribution in [2.24, 2.45) is 0 Å². The lowest BCUT2D eigenvalue weighted by atomic mass is 10.1. The van der Waals surface area contributed by atoms with Crippen LogP contribution in [0.1, 0.15) is 29.3 Å². The smallest absolute Gasteiger partial charge is 0.256 e. The van der Waals surface area contributed by atoms with Gasteiger partial charge < -0.3 is 15.1 Å². The Labute approximate surface area is 121 Å². The van der Waals surface area contributed by atoms with Crippen molar-refractivity contribution in [3.63, 3.8) is 0 Å². The lowest BCUT2D eigenvalue weighted by Crippen LogP contribution is -2.34. The summed E-state index contributed by atoms with van der Waals surface area (Å²) >= 11 is 0. The topological polar surface area (TPSA) is 35.6 Å². The number of likely N-dealkylation sites (tertiary alicyclic amines) is 1. The summed E-state index contributed by atoms with van der Waals surface area (Å²) in [6, 6.07) is 6.52. The number of nitrogens with one attached hydrogen (secondary N) is 1. The SMILES string of the molecule is CCNc1ccc(C)cc1C(=O)N1CCC(N(C)C)C1. The molecule has 4 heteroatoms. The van der Waals surface area contributed by atoms with Gasteiger partial charge >= 0.3 is 0 Å². The molecular weight excluding hydrogens is 250 g/mol. The zero-order chi connectivity index (χ0) is 14.7. The lowest BCUT2D eigenvalue weighted by Gasteiger charge is -2.21. The molecule has 1 aliphatic heterocycles. The van der Waals surface area contributed by atoms with Crippen molar-refractivity contribution < 1.29 is 4.79 Å². The van der Waals surface area contributed by atoms with Crippen molar-refractivity contribution in [1.82, 2.24) is 9.80 Å². The van der Waals surface area contributed by atoms with Gasteiger partial charge in [-0.2, -0.15) is 0 Å². The predicted octanol–water partition coefficient (Wildman–Crippen LogP) is 2.20. The van der Waals surface area contributed by atoms with Crippen LogP contribution in [0.25, 0.3) is 0 Å². The largest absolute Gasteiger partial charge is 0.385 e. The monoisotopic (exact) mass is 275 g/mol. The van der Waals surface area contributed by atoms with E-state index in [1.807, 2.05) is 36.9 Å². The molecule has 1 aromatic rings. The maximum atomic E-state index is 12.7. The molecule has 4 nitrogen and oxygen atoms in total. The van der Waals surface area contributed by atoms with E-state index in [0.29, 0.717) is 6.04 Å². The van der Waals surface area contributed by atoms with Gasteiger partial charge in [-0.1, -0.05) is 11.6 Å². The highest BCUT2D eigenvalue weighted by Gasteiger charge is 2.29. The summed E-state index contributed by atoms with van der Waals surface area (Å²) in [5, 5.41) is 3.28. The van der Waals surface area contributed by atoms with Crippen LogP contribution in [0.2, 0.25) is 0 Å². The van der Waals surface area contributed by atoms with E-state index >= 15 is 0 Å². The van der Waals surface area contributed by atoms with Gasteiger partial charge in [0, 0.05) is 31.4 Å². The van der Waals surface area contributed by atoms with E-state index < -0.39 is 0 Å². The predicted molar refractivity (Wildman–Crippen MR) is 83.3 cm³/mol. The van der Waals surface area contributed by atoms with Crippen molar-refractivity contribution in [1.29, 1.82) is 0 Å². The minimum absolute atomic E-state index is 0.147. The van der Waals surface area contributed by atoms with Gasteiger partial charge in [0.25, 0.3) is 5.91 Å². The summed E-state index contributed by atoms with van der Waals surface area (Å²) in [5.74, 6) is 0.147.